The number of hydrogen-bond acceptors (Lipinski definition) is 4. The van der Waals surface area contributed by atoms with E-state index in [9.17, 15) is 9.18 Å². The molecule has 0 unspecified atom stereocenters. The number of piperazine rings is 1. The largest absolute Gasteiger partial charge is 0.464 e. The maximum Gasteiger partial charge on any atom is 0.318 e. The third-order valence-electron chi connectivity index (χ3n) is 5.29. The first-order valence-corrected chi connectivity index (χ1v) is 9.42. The Morgan fingerprint density at radius 3 is 2.96 bits per heavy atom. The summed E-state index contributed by atoms with van der Waals surface area (Å²) < 4.78 is 18.9. The minimum atomic E-state index is -0.493. The van der Waals surface area contributed by atoms with E-state index in [0.29, 0.717) is 19.6 Å². The number of nitrogens with one attached hydrogen (secondary N) is 1. The van der Waals surface area contributed by atoms with Gasteiger partial charge < -0.3 is 19.5 Å². The number of carbonyl (C=O) groups excluding carboxylic acids is 1. The summed E-state index contributed by atoms with van der Waals surface area (Å²) in [5.41, 5.74) is 2.63. The highest BCUT2D eigenvalue weighted by Gasteiger charge is 2.28. The van der Waals surface area contributed by atoms with Gasteiger partial charge in [0.25, 0.3) is 0 Å². The zero-order valence-corrected chi connectivity index (χ0v) is 15.9. The number of pyridine rings is 1. The van der Waals surface area contributed by atoms with Crippen LogP contribution in [0.4, 0.5) is 14.9 Å². The number of rotatable bonds is 3. The van der Waals surface area contributed by atoms with E-state index < -0.39 is 5.95 Å². The van der Waals surface area contributed by atoms with Crippen molar-refractivity contribution in [2.45, 2.75) is 25.9 Å². The van der Waals surface area contributed by atoms with Gasteiger partial charge in [-0.15, -0.1) is 0 Å². The summed E-state index contributed by atoms with van der Waals surface area (Å²) in [5.74, 6) is -0.493. The van der Waals surface area contributed by atoms with Crippen LogP contribution in [0.5, 0.6) is 0 Å². The molecule has 6 nitrogen and oxygen atoms in total. The summed E-state index contributed by atoms with van der Waals surface area (Å²) in [4.78, 5) is 20.3. The van der Waals surface area contributed by atoms with Gasteiger partial charge in [0.2, 0.25) is 5.95 Å². The van der Waals surface area contributed by atoms with Gasteiger partial charge in [0.15, 0.2) is 0 Å². The van der Waals surface area contributed by atoms with Crippen LogP contribution in [-0.4, -0.2) is 41.6 Å². The van der Waals surface area contributed by atoms with Crippen LogP contribution >= 0.6 is 0 Å². The predicted octanol–water partition coefficient (Wildman–Crippen LogP) is 3.95. The summed E-state index contributed by atoms with van der Waals surface area (Å²) in [7, 11) is 0. The number of fused-ring (bicyclic) bond motifs is 1. The van der Waals surface area contributed by atoms with Crippen LogP contribution in [0.2, 0.25) is 0 Å². The standard InChI is InChI=1S/C21H23FN4O2/c1-14-13-25(9-10-26(14)16-6-8-23-20(22)12-16)21(27)24-15(2)17-4-3-5-19-18(17)7-11-28-19/h3-8,11-12,14-15H,9-10,13H2,1-2H3,(H,24,27)/t14-,15+/m0/s1. The minimum absolute atomic E-state index is 0.0777. The lowest BCUT2D eigenvalue weighted by Gasteiger charge is -2.41. The highest BCUT2D eigenvalue weighted by atomic mass is 19.1. The number of anilines is 1. The molecule has 1 fully saturated rings. The molecular formula is C21H23FN4O2. The second kappa shape index (κ2) is 7.50. The summed E-state index contributed by atoms with van der Waals surface area (Å²) in [6.45, 7) is 5.79. The van der Waals surface area contributed by atoms with Crippen LogP contribution in [0.3, 0.4) is 0 Å². The van der Waals surface area contributed by atoms with Crippen LogP contribution < -0.4 is 10.2 Å². The van der Waals surface area contributed by atoms with E-state index >= 15 is 0 Å². The highest BCUT2D eigenvalue weighted by Crippen LogP contribution is 2.26. The van der Waals surface area contributed by atoms with Gasteiger partial charge in [-0.2, -0.15) is 4.39 Å². The number of benzene rings is 1. The molecule has 1 aliphatic heterocycles. The van der Waals surface area contributed by atoms with Gasteiger partial charge in [-0.3, -0.25) is 0 Å². The van der Waals surface area contributed by atoms with Crippen LogP contribution in [0.15, 0.2) is 53.3 Å². The molecule has 0 aliphatic carbocycles. The number of furan rings is 1. The normalized spacial score (nSPS) is 18.3. The lowest BCUT2D eigenvalue weighted by molar-refractivity contribution is 0.183. The van der Waals surface area contributed by atoms with E-state index in [2.05, 4.69) is 15.2 Å². The molecule has 0 bridgehead atoms. The van der Waals surface area contributed by atoms with E-state index in [1.807, 2.05) is 43.0 Å². The summed E-state index contributed by atoms with van der Waals surface area (Å²) >= 11 is 0. The maximum absolute atomic E-state index is 13.4. The van der Waals surface area contributed by atoms with Gasteiger partial charge in [-0.05, 0) is 37.6 Å². The fraction of sp³-hybridized carbons (Fsp3) is 0.333. The Hall–Kier alpha value is -3.09. The van der Waals surface area contributed by atoms with Gasteiger partial charge in [0.1, 0.15) is 5.58 Å². The monoisotopic (exact) mass is 382 g/mol. The third kappa shape index (κ3) is 3.52. The molecule has 1 aliphatic rings. The second-order valence-corrected chi connectivity index (χ2v) is 7.18. The van der Waals surface area contributed by atoms with E-state index in [-0.39, 0.29) is 18.1 Å². The molecule has 2 amide bonds. The number of amides is 2. The number of hydrogen-bond donors (Lipinski definition) is 1. The van der Waals surface area contributed by atoms with Gasteiger partial charge in [0.05, 0.1) is 12.3 Å². The molecule has 2 aromatic heterocycles. The van der Waals surface area contributed by atoms with Gasteiger partial charge in [0, 0.05) is 49.0 Å². The number of carbonyl (C=O) groups is 1. The van der Waals surface area contributed by atoms with E-state index in [1.54, 1.807) is 12.3 Å². The van der Waals surface area contributed by atoms with Gasteiger partial charge in [-0.25, -0.2) is 9.78 Å². The van der Waals surface area contributed by atoms with E-state index in [0.717, 1.165) is 22.2 Å². The first-order valence-electron chi connectivity index (χ1n) is 9.42. The van der Waals surface area contributed by atoms with Gasteiger partial charge in [-0.1, -0.05) is 12.1 Å². The van der Waals surface area contributed by atoms with Crippen molar-refractivity contribution in [1.29, 1.82) is 0 Å². The quantitative estimate of drug-likeness (QED) is 0.697. The third-order valence-corrected chi connectivity index (χ3v) is 5.29. The Labute approximate surface area is 162 Å². The van der Waals surface area contributed by atoms with Crippen molar-refractivity contribution in [1.82, 2.24) is 15.2 Å². The molecule has 7 heteroatoms. The average Bonchev–Trinajstić information content (AvgIpc) is 3.16. The fourth-order valence-corrected chi connectivity index (χ4v) is 3.85. The SMILES string of the molecule is C[C@@H](NC(=O)N1CCN(c2ccnc(F)c2)[C@@H](C)C1)c1cccc2occc12. The Morgan fingerprint density at radius 2 is 2.18 bits per heavy atom. The molecule has 0 radical (unpaired) electrons. The summed E-state index contributed by atoms with van der Waals surface area (Å²) in [6, 6.07) is 10.8. The molecule has 0 spiro atoms. The fourth-order valence-electron chi connectivity index (χ4n) is 3.85. The molecule has 4 rings (SSSR count). The summed E-state index contributed by atoms with van der Waals surface area (Å²) in [5, 5.41) is 4.10. The van der Waals surface area contributed by atoms with Crippen molar-refractivity contribution < 1.29 is 13.6 Å². The van der Waals surface area contributed by atoms with Crippen LogP contribution in [-0.2, 0) is 0 Å². The van der Waals surface area contributed by atoms with Crippen molar-refractivity contribution in [3.63, 3.8) is 0 Å². The van der Waals surface area contributed by atoms with Crippen molar-refractivity contribution in [3.05, 3.63) is 60.4 Å². The molecule has 28 heavy (non-hydrogen) atoms. The number of urea groups is 1. The molecule has 0 saturated carbocycles. The molecule has 3 aromatic rings. The number of aromatic nitrogens is 1. The molecule has 1 saturated heterocycles. The molecule has 3 heterocycles. The van der Waals surface area contributed by atoms with Crippen molar-refractivity contribution >= 4 is 22.7 Å². The second-order valence-electron chi connectivity index (χ2n) is 7.18. The van der Waals surface area contributed by atoms with Crippen LogP contribution in [0.1, 0.15) is 25.5 Å². The zero-order valence-electron chi connectivity index (χ0n) is 15.9. The first-order chi connectivity index (χ1) is 13.5. The van der Waals surface area contributed by atoms with Crippen LogP contribution in [0, 0.1) is 5.95 Å². The summed E-state index contributed by atoms with van der Waals surface area (Å²) in [6.07, 6.45) is 3.13. The van der Waals surface area contributed by atoms with E-state index in [4.69, 9.17) is 4.42 Å². The molecular weight excluding hydrogens is 359 g/mol. The smallest absolute Gasteiger partial charge is 0.318 e. The van der Waals surface area contributed by atoms with Crippen LogP contribution in [0.25, 0.3) is 11.0 Å². The van der Waals surface area contributed by atoms with Crippen molar-refractivity contribution in [2.24, 2.45) is 0 Å². The molecule has 2 atom stereocenters. The lowest BCUT2D eigenvalue weighted by atomic mass is 10.0. The Morgan fingerprint density at radius 1 is 1.32 bits per heavy atom. The minimum Gasteiger partial charge on any atom is -0.464 e. The molecule has 1 N–H and O–H groups in total. The zero-order chi connectivity index (χ0) is 19.7. The predicted molar refractivity (Wildman–Crippen MR) is 106 cm³/mol. The Kier molecular flexibility index (Phi) is 4.90. The van der Waals surface area contributed by atoms with Crippen molar-refractivity contribution in [2.75, 3.05) is 24.5 Å². The first kappa shape index (κ1) is 18.3. The lowest BCUT2D eigenvalue weighted by Crippen LogP contribution is -2.56. The van der Waals surface area contributed by atoms with E-state index in [1.165, 1.54) is 12.3 Å². The molecule has 1 aromatic carbocycles. The average molecular weight is 382 g/mol. The topological polar surface area (TPSA) is 61.6 Å². The highest BCUT2D eigenvalue weighted by molar-refractivity contribution is 5.82. The number of halogens is 1. The van der Waals surface area contributed by atoms with Crippen molar-refractivity contribution in [3.8, 4) is 0 Å². The maximum atomic E-state index is 13.4. The number of nitrogens with zero attached hydrogens (tertiary/aromatic N) is 3. The molecule has 146 valence electrons. The Balaban J connectivity index is 1.41. The Bertz CT molecular complexity index is 989. The van der Waals surface area contributed by atoms with Gasteiger partial charge >= 0.3 is 6.03 Å².